The quantitative estimate of drug-likeness (QED) is 0.622. The second kappa shape index (κ2) is 5.31. The van der Waals surface area contributed by atoms with Crippen molar-refractivity contribution in [1.82, 2.24) is 0 Å². The molecule has 0 spiro atoms. The van der Waals surface area contributed by atoms with Crippen LogP contribution < -0.4 is 11.1 Å². The maximum absolute atomic E-state index is 11.4. The molecule has 0 saturated heterocycles. The van der Waals surface area contributed by atoms with Gasteiger partial charge in [0, 0.05) is 0 Å². The number of furan rings is 1. The number of primary amides is 1. The van der Waals surface area contributed by atoms with Crippen molar-refractivity contribution < 1.29 is 18.8 Å². The monoisotopic (exact) mass is 250 g/mol. The molecule has 6 nitrogen and oxygen atoms in total. The lowest BCUT2D eigenvalue weighted by Crippen LogP contribution is -2.18. The molecule has 0 atom stereocenters. The fourth-order valence-electron chi connectivity index (χ4n) is 1.60. The Balaban J connectivity index is 3.28. The standard InChI is InChI=1S/C12H14N2O4/c1-4-5-8(16)14-12-10(11(13)17)9(6(2)15)7(3)18-12/h4-5H,1-3H3,(H2,13,17)(H,14,16)/b5-4+. The summed E-state index contributed by atoms with van der Waals surface area (Å²) in [4.78, 5) is 34.1. The van der Waals surface area contributed by atoms with Crippen molar-refractivity contribution in [3.8, 4) is 0 Å². The van der Waals surface area contributed by atoms with Gasteiger partial charge in [0.15, 0.2) is 5.78 Å². The molecule has 0 aliphatic rings. The number of carbonyl (C=O) groups excluding carboxylic acids is 3. The smallest absolute Gasteiger partial charge is 0.255 e. The molecule has 0 aromatic carbocycles. The Morgan fingerprint density at radius 3 is 2.33 bits per heavy atom. The van der Waals surface area contributed by atoms with Gasteiger partial charge in [0.05, 0.1) is 5.56 Å². The predicted molar refractivity (Wildman–Crippen MR) is 65.4 cm³/mol. The molecular weight excluding hydrogens is 236 g/mol. The molecule has 6 heteroatoms. The van der Waals surface area contributed by atoms with Crippen molar-refractivity contribution in [3.63, 3.8) is 0 Å². The molecule has 1 aromatic heterocycles. The first-order valence-electron chi connectivity index (χ1n) is 5.26. The fourth-order valence-corrected chi connectivity index (χ4v) is 1.60. The number of amides is 2. The van der Waals surface area contributed by atoms with Gasteiger partial charge in [0.2, 0.25) is 11.8 Å². The number of Topliss-reactive ketones (excluding diaryl/α,β-unsaturated/α-hetero) is 1. The van der Waals surface area contributed by atoms with Crippen LogP contribution in [0.4, 0.5) is 5.88 Å². The maximum atomic E-state index is 11.4. The summed E-state index contributed by atoms with van der Waals surface area (Å²) in [7, 11) is 0. The minimum Gasteiger partial charge on any atom is -0.444 e. The Bertz CT molecular complexity index is 541. The predicted octanol–water partition coefficient (Wildman–Crippen LogP) is 1.40. The summed E-state index contributed by atoms with van der Waals surface area (Å²) in [6.07, 6.45) is 2.79. The molecule has 0 radical (unpaired) electrons. The number of hydrogen-bond donors (Lipinski definition) is 2. The van der Waals surface area contributed by atoms with E-state index in [2.05, 4.69) is 5.32 Å². The van der Waals surface area contributed by atoms with Crippen molar-refractivity contribution in [2.75, 3.05) is 5.32 Å². The zero-order valence-electron chi connectivity index (χ0n) is 10.4. The zero-order valence-corrected chi connectivity index (χ0v) is 10.4. The Labute approximate surface area is 104 Å². The van der Waals surface area contributed by atoms with Crippen LogP contribution in [-0.2, 0) is 4.79 Å². The number of hydrogen-bond acceptors (Lipinski definition) is 4. The Kier molecular flexibility index (Phi) is 4.04. The van der Waals surface area contributed by atoms with Crippen LogP contribution in [0.5, 0.6) is 0 Å². The summed E-state index contributed by atoms with van der Waals surface area (Å²) in [5, 5.41) is 2.36. The highest BCUT2D eigenvalue weighted by Gasteiger charge is 2.25. The van der Waals surface area contributed by atoms with E-state index in [1.165, 1.54) is 26.0 Å². The Morgan fingerprint density at radius 1 is 1.28 bits per heavy atom. The average molecular weight is 250 g/mol. The van der Waals surface area contributed by atoms with Crippen molar-refractivity contribution in [2.45, 2.75) is 20.8 Å². The highest BCUT2D eigenvalue weighted by Crippen LogP contribution is 2.27. The minimum absolute atomic E-state index is 0.0956. The molecule has 0 unspecified atom stereocenters. The van der Waals surface area contributed by atoms with Gasteiger partial charge < -0.3 is 10.2 Å². The Hall–Kier alpha value is -2.37. The van der Waals surface area contributed by atoms with Gasteiger partial charge in [-0.1, -0.05) is 6.08 Å². The van der Waals surface area contributed by atoms with Gasteiger partial charge in [-0.2, -0.15) is 0 Å². The SMILES string of the molecule is C/C=C/C(=O)Nc1oc(C)c(C(C)=O)c1C(N)=O. The fraction of sp³-hybridized carbons (Fsp3) is 0.250. The number of aryl methyl sites for hydroxylation is 1. The second-order valence-corrected chi connectivity index (χ2v) is 3.65. The molecule has 18 heavy (non-hydrogen) atoms. The van der Waals surface area contributed by atoms with Gasteiger partial charge in [-0.25, -0.2) is 0 Å². The highest BCUT2D eigenvalue weighted by atomic mass is 16.4. The molecular formula is C12H14N2O4. The topological polar surface area (TPSA) is 102 Å². The van der Waals surface area contributed by atoms with Crippen molar-refractivity contribution in [3.05, 3.63) is 29.0 Å². The van der Waals surface area contributed by atoms with Crippen LogP contribution in [0.25, 0.3) is 0 Å². The number of carbonyl (C=O) groups is 3. The first kappa shape index (κ1) is 13.7. The maximum Gasteiger partial charge on any atom is 0.255 e. The van der Waals surface area contributed by atoms with Gasteiger partial charge in [-0.05, 0) is 26.8 Å². The van der Waals surface area contributed by atoms with Gasteiger partial charge in [0.1, 0.15) is 11.3 Å². The third-order valence-electron chi connectivity index (χ3n) is 2.24. The van der Waals surface area contributed by atoms with E-state index < -0.39 is 11.8 Å². The van der Waals surface area contributed by atoms with Crippen LogP contribution in [0, 0.1) is 6.92 Å². The van der Waals surface area contributed by atoms with Crippen LogP contribution in [0.3, 0.4) is 0 Å². The summed E-state index contributed by atoms with van der Waals surface area (Å²) in [6.45, 7) is 4.49. The molecule has 1 rings (SSSR count). The third kappa shape index (κ3) is 2.65. The molecule has 0 bridgehead atoms. The zero-order chi connectivity index (χ0) is 13.9. The Morgan fingerprint density at radius 2 is 1.89 bits per heavy atom. The number of nitrogens with one attached hydrogen (secondary N) is 1. The number of allylic oxidation sites excluding steroid dienone is 1. The molecule has 0 fully saturated rings. The molecule has 0 saturated carbocycles. The first-order chi connectivity index (χ1) is 8.38. The lowest BCUT2D eigenvalue weighted by atomic mass is 10.1. The van der Waals surface area contributed by atoms with E-state index in [-0.39, 0.29) is 28.6 Å². The van der Waals surface area contributed by atoms with E-state index in [4.69, 9.17) is 10.2 Å². The van der Waals surface area contributed by atoms with Crippen molar-refractivity contribution >= 4 is 23.5 Å². The van der Waals surface area contributed by atoms with Gasteiger partial charge >= 0.3 is 0 Å². The number of rotatable bonds is 4. The highest BCUT2D eigenvalue weighted by molar-refractivity contribution is 6.12. The first-order valence-corrected chi connectivity index (χ1v) is 5.26. The minimum atomic E-state index is -0.826. The molecule has 3 N–H and O–H groups in total. The van der Waals surface area contributed by atoms with Gasteiger partial charge in [0.25, 0.3) is 5.91 Å². The molecule has 0 aliphatic carbocycles. The van der Waals surface area contributed by atoms with Crippen LogP contribution >= 0.6 is 0 Å². The third-order valence-corrected chi connectivity index (χ3v) is 2.24. The summed E-state index contributed by atoms with van der Waals surface area (Å²) >= 11 is 0. The summed E-state index contributed by atoms with van der Waals surface area (Å²) in [6, 6.07) is 0. The van der Waals surface area contributed by atoms with Crippen LogP contribution in [0.1, 0.15) is 40.3 Å². The van der Waals surface area contributed by atoms with Gasteiger partial charge in [-0.15, -0.1) is 0 Å². The van der Waals surface area contributed by atoms with Crippen molar-refractivity contribution in [2.24, 2.45) is 5.73 Å². The van der Waals surface area contributed by atoms with E-state index in [0.29, 0.717) is 0 Å². The van der Waals surface area contributed by atoms with E-state index in [1.807, 2.05) is 0 Å². The second-order valence-electron chi connectivity index (χ2n) is 3.65. The lowest BCUT2D eigenvalue weighted by molar-refractivity contribution is -0.112. The normalized spacial score (nSPS) is 10.6. The number of anilines is 1. The number of ketones is 1. The summed E-state index contributed by atoms with van der Waals surface area (Å²) in [5.74, 6) is -1.51. The molecule has 1 aromatic rings. The molecule has 2 amide bonds. The average Bonchev–Trinajstić information content (AvgIpc) is 2.55. The van der Waals surface area contributed by atoms with E-state index >= 15 is 0 Å². The molecule has 0 aliphatic heterocycles. The number of nitrogens with two attached hydrogens (primary N) is 1. The van der Waals surface area contributed by atoms with Gasteiger partial charge in [-0.3, -0.25) is 19.7 Å². The van der Waals surface area contributed by atoms with E-state index in [1.54, 1.807) is 6.92 Å². The van der Waals surface area contributed by atoms with Crippen LogP contribution in [0.15, 0.2) is 16.6 Å². The largest absolute Gasteiger partial charge is 0.444 e. The van der Waals surface area contributed by atoms with E-state index in [9.17, 15) is 14.4 Å². The lowest BCUT2D eigenvalue weighted by Gasteiger charge is -2.00. The van der Waals surface area contributed by atoms with Crippen LogP contribution in [-0.4, -0.2) is 17.6 Å². The van der Waals surface area contributed by atoms with Crippen LogP contribution in [0.2, 0.25) is 0 Å². The van der Waals surface area contributed by atoms with Crippen molar-refractivity contribution in [1.29, 1.82) is 0 Å². The molecule has 1 heterocycles. The summed E-state index contributed by atoms with van der Waals surface area (Å²) in [5.41, 5.74) is 5.19. The summed E-state index contributed by atoms with van der Waals surface area (Å²) < 4.78 is 5.20. The molecule has 96 valence electrons. The van der Waals surface area contributed by atoms with E-state index in [0.717, 1.165) is 0 Å².